The van der Waals surface area contributed by atoms with Crippen molar-refractivity contribution in [3.05, 3.63) is 29.8 Å². The number of benzene rings is 1. The number of alkyl halides is 1. The molecule has 2 heteroatoms. The Kier molecular flexibility index (Phi) is 7.41. The van der Waals surface area contributed by atoms with Gasteiger partial charge in [0.1, 0.15) is 5.75 Å². The van der Waals surface area contributed by atoms with Crippen molar-refractivity contribution in [1.29, 1.82) is 0 Å². The largest absolute Gasteiger partial charge is 0.493 e. The summed E-state index contributed by atoms with van der Waals surface area (Å²) in [6, 6.07) is 8.57. The third kappa shape index (κ3) is 5.01. The third-order valence-corrected chi connectivity index (χ3v) is 4.38. The van der Waals surface area contributed by atoms with Gasteiger partial charge < -0.3 is 4.74 Å². The molecule has 0 fully saturated rings. The molecule has 0 aliphatic heterocycles. The summed E-state index contributed by atoms with van der Waals surface area (Å²) >= 11 is 3.55. The van der Waals surface area contributed by atoms with Gasteiger partial charge in [-0.3, -0.25) is 0 Å². The maximum Gasteiger partial charge on any atom is 0.119 e. The normalized spacial score (nSPS) is 14.2. The molecule has 102 valence electrons. The molecule has 0 bridgehead atoms. The fourth-order valence-corrected chi connectivity index (χ4v) is 2.47. The summed E-state index contributed by atoms with van der Waals surface area (Å²) in [6.45, 7) is 7.51. The van der Waals surface area contributed by atoms with E-state index >= 15 is 0 Å². The summed E-state index contributed by atoms with van der Waals surface area (Å²) in [7, 11) is 0. The molecule has 0 amide bonds. The number of halogens is 1. The van der Waals surface area contributed by atoms with E-state index in [0.717, 1.165) is 17.7 Å². The second-order valence-electron chi connectivity index (χ2n) is 5.00. The number of hydrogen-bond acceptors (Lipinski definition) is 1. The van der Waals surface area contributed by atoms with Crippen molar-refractivity contribution in [1.82, 2.24) is 0 Å². The maximum absolute atomic E-state index is 5.85. The van der Waals surface area contributed by atoms with Crippen LogP contribution in [-0.4, -0.2) is 11.9 Å². The first-order valence-electron chi connectivity index (χ1n) is 6.99. The smallest absolute Gasteiger partial charge is 0.119 e. The van der Waals surface area contributed by atoms with Crippen LogP contribution in [0.1, 0.15) is 51.5 Å². The van der Waals surface area contributed by atoms with Crippen molar-refractivity contribution >= 4 is 15.9 Å². The van der Waals surface area contributed by atoms with Gasteiger partial charge in [0, 0.05) is 11.2 Å². The monoisotopic (exact) mass is 312 g/mol. The highest BCUT2D eigenvalue weighted by Crippen LogP contribution is 2.22. The summed E-state index contributed by atoms with van der Waals surface area (Å²) < 4.78 is 5.85. The third-order valence-electron chi connectivity index (χ3n) is 3.46. The standard InChI is InChI=1S/C16H25BrO/c1-4-6-14(11-17)12-18-16-9-7-15(8-10-16)13(3)5-2/h7-10,13-14H,4-6,11-12H2,1-3H3. The maximum atomic E-state index is 5.85. The van der Waals surface area contributed by atoms with Gasteiger partial charge >= 0.3 is 0 Å². The van der Waals surface area contributed by atoms with Gasteiger partial charge in [0.2, 0.25) is 0 Å². The lowest BCUT2D eigenvalue weighted by molar-refractivity contribution is 0.255. The highest BCUT2D eigenvalue weighted by molar-refractivity contribution is 9.09. The summed E-state index contributed by atoms with van der Waals surface area (Å²) in [5.41, 5.74) is 1.40. The van der Waals surface area contributed by atoms with Gasteiger partial charge in [-0.25, -0.2) is 0 Å². The molecule has 0 saturated carbocycles. The van der Waals surface area contributed by atoms with Crippen LogP contribution in [0.25, 0.3) is 0 Å². The fourth-order valence-electron chi connectivity index (χ4n) is 1.96. The average Bonchev–Trinajstić information content (AvgIpc) is 2.43. The van der Waals surface area contributed by atoms with Gasteiger partial charge in [0.15, 0.2) is 0 Å². The summed E-state index contributed by atoms with van der Waals surface area (Å²) in [5, 5.41) is 1.02. The van der Waals surface area contributed by atoms with Gasteiger partial charge in [0.25, 0.3) is 0 Å². The summed E-state index contributed by atoms with van der Waals surface area (Å²) in [4.78, 5) is 0. The van der Waals surface area contributed by atoms with E-state index in [4.69, 9.17) is 4.74 Å². The second-order valence-corrected chi connectivity index (χ2v) is 5.65. The molecule has 1 aromatic rings. The Morgan fingerprint density at radius 2 is 1.83 bits per heavy atom. The van der Waals surface area contributed by atoms with E-state index in [9.17, 15) is 0 Å². The molecule has 1 rings (SSSR count). The van der Waals surface area contributed by atoms with Crippen LogP contribution in [0.3, 0.4) is 0 Å². The van der Waals surface area contributed by atoms with Crippen LogP contribution >= 0.6 is 15.9 Å². The predicted molar refractivity (Wildman–Crippen MR) is 82.8 cm³/mol. The van der Waals surface area contributed by atoms with Gasteiger partial charge in [-0.2, -0.15) is 0 Å². The van der Waals surface area contributed by atoms with E-state index in [-0.39, 0.29) is 0 Å². The molecule has 2 unspecified atom stereocenters. The molecule has 0 spiro atoms. The zero-order chi connectivity index (χ0) is 13.4. The van der Waals surface area contributed by atoms with E-state index in [1.54, 1.807) is 0 Å². The Hall–Kier alpha value is -0.500. The van der Waals surface area contributed by atoms with E-state index < -0.39 is 0 Å². The molecule has 1 aromatic carbocycles. The van der Waals surface area contributed by atoms with Crippen molar-refractivity contribution in [2.75, 3.05) is 11.9 Å². The molecular formula is C16H25BrO. The molecule has 0 heterocycles. The summed E-state index contributed by atoms with van der Waals surface area (Å²) in [5.74, 6) is 2.24. The van der Waals surface area contributed by atoms with Gasteiger partial charge in [-0.15, -0.1) is 0 Å². The van der Waals surface area contributed by atoms with E-state index in [0.29, 0.717) is 11.8 Å². The molecule has 18 heavy (non-hydrogen) atoms. The van der Waals surface area contributed by atoms with Crippen LogP contribution in [0.5, 0.6) is 5.75 Å². The minimum absolute atomic E-state index is 0.615. The van der Waals surface area contributed by atoms with Crippen LogP contribution in [0.2, 0.25) is 0 Å². The van der Waals surface area contributed by atoms with Crippen molar-refractivity contribution in [2.24, 2.45) is 5.92 Å². The fraction of sp³-hybridized carbons (Fsp3) is 0.625. The van der Waals surface area contributed by atoms with Gasteiger partial charge in [-0.1, -0.05) is 55.3 Å². The number of ether oxygens (including phenoxy) is 1. The first kappa shape index (κ1) is 15.6. The van der Waals surface area contributed by atoms with Crippen molar-refractivity contribution < 1.29 is 4.74 Å². The molecule has 0 aliphatic carbocycles. The Labute approximate surface area is 120 Å². The van der Waals surface area contributed by atoms with E-state index in [1.807, 2.05) is 0 Å². The van der Waals surface area contributed by atoms with Crippen molar-refractivity contribution in [3.8, 4) is 5.75 Å². The van der Waals surface area contributed by atoms with Crippen molar-refractivity contribution in [3.63, 3.8) is 0 Å². The van der Waals surface area contributed by atoms with Crippen LogP contribution in [0, 0.1) is 5.92 Å². The highest BCUT2D eigenvalue weighted by atomic mass is 79.9. The van der Waals surface area contributed by atoms with Gasteiger partial charge in [-0.05, 0) is 36.5 Å². The minimum Gasteiger partial charge on any atom is -0.493 e. The number of hydrogen-bond donors (Lipinski definition) is 0. The highest BCUT2D eigenvalue weighted by Gasteiger charge is 2.07. The lowest BCUT2D eigenvalue weighted by Crippen LogP contribution is -2.13. The lowest BCUT2D eigenvalue weighted by atomic mass is 9.99. The Morgan fingerprint density at radius 3 is 2.33 bits per heavy atom. The minimum atomic E-state index is 0.615. The zero-order valence-electron chi connectivity index (χ0n) is 11.8. The average molecular weight is 313 g/mol. The quantitative estimate of drug-likeness (QED) is 0.585. The molecular weight excluding hydrogens is 288 g/mol. The molecule has 2 atom stereocenters. The molecule has 0 radical (unpaired) electrons. The van der Waals surface area contributed by atoms with Crippen LogP contribution in [0.15, 0.2) is 24.3 Å². The Bertz CT molecular complexity index is 320. The molecule has 0 aliphatic rings. The second kappa shape index (κ2) is 8.58. The first-order chi connectivity index (χ1) is 8.71. The first-order valence-corrected chi connectivity index (χ1v) is 8.12. The zero-order valence-corrected chi connectivity index (χ0v) is 13.4. The van der Waals surface area contributed by atoms with Crippen LogP contribution < -0.4 is 4.74 Å². The molecule has 0 N–H and O–H groups in total. The van der Waals surface area contributed by atoms with Gasteiger partial charge in [0.05, 0.1) is 6.61 Å². The van der Waals surface area contributed by atoms with E-state index in [1.165, 1.54) is 24.8 Å². The topological polar surface area (TPSA) is 9.23 Å². The Morgan fingerprint density at radius 1 is 1.17 bits per heavy atom. The van der Waals surface area contributed by atoms with Crippen LogP contribution in [0.4, 0.5) is 0 Å². The lowest BCUT2D eigenvalue weighted by Gasteiger charge is -2.15. The van der Waals surface area contributed by atoms with Crippen molar-refractivity contribution in [2.45, 2.75) is 46.0 Å². The Balaban J connectivity index is 2.48. The van der Waals surface area contributed by atoms with Crippen LogP contribution in [-0.2, 0) is 0 Å². The SMILES string of the molecule is CCCC(CBr)COc1ccc(C(C)CC)cc1. The van der Waals surface area contributed by atoms with E-state index in [2.05, 4.69) is 61.0 Å². The number of rotatable bonds is 8. The predicted octanol–water partition coefficient (Wildman–Crippen LogP) is 5.39. The molecule has 0 aromatic heterocycles. The summed E-state index contributed by atoms with van der Waals surface area (Å²) in [6.07, 6.45) is 3.62. The molecule has 1 nitrogen and oxygen atoms in total. The molecule has 0 saturated heterocycles.